The Hall–Kier alpha value is -2.35. The van der Waals surface area contributed by atoms with Crippen LogP contribution in [0.15, 0.2) is 47.8 Å². The summed E-state index contributed by atoms with van der Waals surface area (Å²) in [6.07, 6.45) is 2.36. The van der Waals surface area contributed by atoms with Gasteiger partial charge in [0.1, 0.15) is 0 Å². The summed E-state index contributed by atoms with van der Waals surface area (Å²) < 4.78 is 8.51. The molecule has 0 amide bonds. The molecular weight excluding hydrogens is 376 g/mol. The first-order valence-corrected chi connectivity index (χ1v) is 10.3. The molecule has 0 bridgehead atoms. The van der Waals surface area contributed by atoms with Crippen molar-refractivity contribution in [1.29, 1.82) is 0 Å². The maximum atomic E-state index is 5.82. The predicted octanol–water partition coefficient (Wildman–Crippen LogP) is 5.06. The standard InChI is InChI=1S/C20H18N4OS2/c26-20-23-22-19(24(20)12-13-5-3-9-25-13)15-11-17(18-8-4-10-27-18)21-16-7-2-1-6-14(15)16/h1-2,4,6-8,10-11,13H,3,5,9,12H2,(H,23,26)/t13-/m1/s1. The Morgan fingerprint density at radius 3 is 3.00 bits per heavy atom. The smallest absolute Gasteiger partial charge is 0.195 e. The molecule has 0 unspecified atom stereocenters. The molecule has 4 aromatic rings. The Morgan fingerprint density at radius 2 is 2.19 bits per heavy atom. The molecule has 3 aromatic heterocycles. The molecule has 5 rings (SSSR count). The van der Waals surface area contributed by atoms with Crippen molar-refractivity contribution < 1.29 is 4.74 Å². The minimum Gasteiger partial charge on any atom is -0.376 e. The summed E-state index contributed by atoms with van der Waals surface area (Å²) in [6.45, 7) is 1.54. The van der Waals surface area contributed by atoms with Crippen LogP contribution in [0.5, 0.6) is 0 Å². The first-order chi connectivity index (χ1) is 13.3. The van der Waals surface area contributed by atoms with Crippen LogP contribution in [-0.2, 0) is 11.3 Å². The highest BCUT2D eigenvalue weighted by atomic mass is 32.1. The van der Waals surface area contributed by atoms with E-state index in [1.54, 1.807) is 11.3 Å². The van der Waals surface area contributed by atoms with Crippen molar-refractivity contribution in [3.8, 4) is 22.0 Å². The maximum absolute atomic E-state index is 5.82. The van der Waals surface area contributed by atoms with Gasteiger partial charge in [0.25, 0.3) is 0 Å². The monoisotopic (exact) mass is 394 g/mol. The van der Waals surface area contributed by atoms with Crippen molar-refractivity contribution in [3.05, 3.63) is 52.6 Å². The van der Waals surface area contributed by atoms with Crippen LogP contribution in [0, 0.1) is 4.77 Å². The maximum Gasteiger partial charge on any atom is 0.195 e. The summed E-state index contributed by atoms with van der Waals surface area (Å²) in [7, 11) is 0. The van der Waals surface area contributed by atoms with Crippen LogP contribution in [0.25, 0.3) is 32.9 Å². The number of aromatic nitrogens is 4. The van der Waals surface area contributed by atoms with Gasteiger partial charge in [-0.2, -0.15) is 5.10 Å². The van der Waals surface area contributed by atoms with Gasteiger partial charge in [-0.05, 0) is 48.6 Å². The quantitative estimate of drug-likeness (QED) is 0.491. The lowest BCUT2D eigenvalue weighted by atomic mass is 10.1. The second-order valence-electron chi connectivity index (χ2n) is 6.65. The van der Waals surface area contributed by atoms with Gasteiger partial charge in [0.15, 0.2) is 10.6 Å². The van der Waals surface area contributed by atoms with Crippen LogP contribution in [-0.4, -0.2) is 32.5 Å². The van der Waals surface area contributed by atoms with E-state index in [9.17, 15) is 0 Å². The number of thiophene rings is 1. The molecule has 1 aromatic carbocycles. The molecule has 1 atom stereocenters. The third-order valence-corrected chi connectivity index (χ3v) is 6.10. The fourth-order valence-corrected chi connectivity index (χ4v) is 4.49. The van der Waals surface area contributed by atoms with Crippen molar-refractivity contribution in [2.45, 2.75) is 25.5 Å². The zero-order valence-corrected chi connectivity index (χ0v) is 16.2. The Bertz CT molecular complexity index is 1140. The highest BCUT2D eigenvalue weighted by molar-refractivity contribution is 7.71. The van der Waals surface area contributed by atoms with Gasteiger partial charge in [-0.3, -0.25) is 9.67 Å². The number of benzene rings is 1. The Morgan fingerprint density at radius 1 is 1.26 bits per heavy atom. The number of fused-ring (bicyclic) bond motifs is 1. The molecule has 0 saturated carbocycles. The molecule has 1 fully saturated rings. The molecule has 27 heavy (non-hydrogen) atoms. The van der Waals surface area contributed by atoms with E-state index in [2.05, 4.69) is 38.3 Å². The molecule has 5 nitrogen and oxygen atoms in total. The lowest BCUT2D eigenvalue weighted by molar-refractivity contribution is 0.0970. The number of hydrogen-bond donors (Lipinski definition) is 1. The molecule has 1 aliphatic heterocycles. The SMILES string of the molecule is S=c1[nH]nc(-c2cc(-c3cccs3)nc3ccccc23)n1C[C@H]1CCCO1. The van der Waals surface area contributed by atoms with Crippen molar-refractivity contribution in [2.24, 2.45) is 0 Å². The van der Waals surface area contributed by atoms with Crippen molar-refractivity contribution >= 4 is 34.5 Å². The predicted molar refractivity (Wildman–Crippen MR) is 110 cm³/mol. The molecule has 0 spiro atoms. The van der Waals surface area contributed by atoms with E-state index in [1.165, 1.54) is 0 Å². The summed E-state index contributed by atoms with van der Waals surface area (Å²) >= 11 is 7.20. The van der Waals surface area contributed by atoms with E-state index < -0.39 is 0 Å². The van der Waals surface area contributed by atoms with E-state index in [4.69, 9.17) is 21.9 Å². The molecular formula is C20H18N4OS2. The van der Waals surface area contributed by atoms with Crippen LogP contribution in [0.4, 0.5) is 0 Å². The number of nitrogens with zero attached hydrogens (tertiary/aromatic N) is 3. The van der Waals surface area contributed by atoms with E-state index in [0.29, 0.717) is 4.77 Å². The number of para-hydroxylation sites is 1. The number of hydrogen-bond acceptors (Lipinski definition) is 5. The number of nitrogens with one attached hydrogen (secondary N) is 1. The van der Waals surface area contributed by atoms with Crippen LogP contribution in [0.1, 0.15) is 12.8 Å². The lowest BCUT2D eigenvalue weighted by Crippen LogP contribution is -2.16. The molecule has 7 heteroatoms. The fraction of sp³-hybridized carbons (Fsp3) is 0.250. The second-order valence-corrected chi connectivity index (χ2v) is 7.98. The van der Waals surface area contributed by atoms with Crippen LogP contribution >= 0.6 is 23.6 Å². The number of ether oxygens (including phenoxy) is 1. The third-order valence-electron chi connectivity index (χ3n) is 4.90. The summed E-state index contributed by atoms with van der Waals surface area (Å²) in [5.41, 5.74) is 2.95. The van der Waals surface area contributed by atoms with Crippen molar-refractivity contribution in [2.75, 3.05) is 6.61 Å². The van der Waals surface area contributed by atoms with Gasteiger partial charge in [0.05, 0.1) is 28.7 Å². The number of H-pyrrole nitrogens is 1. The second kappa shape index (κ2) is 6.99. The van der Waals surface area contributed by atoms with Crippen LogP contribution in [0.3, 0.4) is 0 Å². The summed E-state index contributed by atoms with van der Waals surface area (Å²) in [4.78, 5) is 6.00. The Labute approximate surface area is 165 Å². The first-order valence-electron chi connectivity index (χ1n) is 9.00. The average Bonchev–Trinajstić information content (AvgIpc) is 3.45. The Kier molecular flexibility index (Phi) is 4.35. The average molecular weight is 395 g/mol. The van der Waals surface area contributed by atoms with Crippen LogP contribution < -0.4 is 0 Å². The van der Waals surface area contributed by atoms with E-state index >= 15 is 0 Å². The molecule has 4 heterocycles. The number of aromatic amines is 1. The fourth-order valence-electron chi connectivity index (χ4n) is 3.60. The number of pyridine rings is 1. The molecule has 136 valence electrons. The minimum absolute atomic E-state index is 0.193. The highest BCUT2D eigenvalue weighted by Crippen LogP contribution is 2.33. The largest absolute Gasteiger partial charge is 0.376 e. The van der Waals surface area contributed by atoms with E-state index in [0.717, 1.165) is 58.9 Å². The third kappa shape index (κ3) is 3.12. The van der Waals surface area contributed by atoms with E-state index in [-0.39, 0.29) is 6.10 Å². The number of rotatable bonds is 4. The normalized spacial score (nSPS) is 17.0. The van der Waals surface area contributed by atoms with Gasteiger partial charge in [0.2, 0.25) is 0 Å². The van der Waals surface area contributed by atoms with Crippen LogP contribution in [0.2, 0.25) is 0 Å². The zero-order valence-electron chi connectivity index (χ0n) is 14.6. The minimum atomic E-state index is 0.193. The lowest BCUT2D eigenvalue weighted by Gasteiger charge is -2.14. The van der Waals surface area contributed by atoms with Gasteiger partial charge >= 0.3 is 0 Å². The topological polar surface area (TPSA) is 55.7 Å². The van der Waals surface area contributed by atoms with Crippen molar-refractivity contribution in [1.82, 2.24) is 19.7 Å². The van der Waals surface area contributed by atoms with Crippen molar-refractivity contribution in [3.63, 3.8) is 0 Å². The highest BCUT2D eigenvalue weighted by Gasteiger charge is 2.21. The molecule has 1 aliphatic rings. The zero-order chi connectivity index (χ0) is 18.2. The summed E-state index contributed by atoms with van der Waals surface area (Å²) in [5, 5.41) is 10.7. The molecule has 0 radical (unpaired) electrons. The van der Waals surface area contributed by atoms with Gasteiger partial charge in [-0.25, -0.2) is 4.98 Å². The molecule has 1 saturated heterocycles. The van der Waals surface area contributed by atoms with E-state index in [1.807, 2.05) is 24.3 Å². The van der Waals surface area contributed by atoms with Gasteiger partial charge in [0, 0.05) is 17.6 Å². The Balaban J connectivity index is 1.70. The van der Waals surface area contributed by atoms with Gasteiger partial charge in [-0.1, -0.05) is 24.3 Å². The molecule has 1 N–H and O–H groups in total. The van der Waals surface area contributed by atoms with Gasteiger partial charge < -0.3 is 4.74 Å². The summed E-state index contributed by atoms with van der Waals surface area (Å²) in [6, 6.07) is 14.4. The molecule has 0 aliphatic carbocycles. The van der Waals surface area contributed by atoms with Gasteiger partial charge in [-0.15, -0.1) is 11.3 Å². The summed E-state index contributed by atoms with van der Waals surface area (Å²) in [5.74, 6) is 0.840. The first kappa shape index (κ1) is 16.8.